The second-order valence-corrected chi connectivity index (χ2v) is 5.02. The quantitative estimate of drug-likeness (QED) is 0.678. The smallest absolute Gasteiger partial charge is 0.146 e. The molecule has 0 fully saturated rings. The van der Waals surface area contributed by atoms with Gasteiger partial charge in [-0.2, -0.15) is 0 Å². The van der Waals surface area contributed by atoms with Crippen LogP contribution in [0.4, 0.5) is 0 Å². The highest BCUT2D eigenvalue weighted by molar-refractivity contribution is 6.16. The first-order chi connectivity index (χ1) is 10.3. The molecule has 0 amide bonds. The van der Waals surface area contributed by atoms with Gasteiger partial charge in [0, 0.05) is 18.9 Å². The van der Waals surface area contributed by atoms with E-state index < -0.39 is 0 Å². The van der Waals surface area contributed by atoms with Crippen LogP contribution in [0.1, 0.15) is 11.4 Å². The molecule has 3 aromatic rings. The van der Waals surface area contributed by atoms with E-state index in [1.807, 2.05) is 30.5 Å². The summed E-state index contributed by atoms with van der Waals surface area (Å²) < 4.78 is 7.52. The molecule has 0 bridgehead atoms. The molecule has 21 heavy (non-hydrogen) atoms. The summed E-state index contributed by atoms with van der Waals surface area (Å²) in [6.45, 7) is 0.817. The Kier molecular flexibility index (Phi) is 4.06. The first-order valence-corrected chi connectivity index (χ1v) is 7.34. The van der Waals surface area contributed by atoms with Crippen molar-refractivity contribution in [2.45, 2.75) is 18.8 Å². The number of pyridine rings is 1. The number of rotatable bonds is 5. The van der Waals surface area contributed by atoms with Gasteiger partial charge in [0.15, 0.2) is 0 Å². The number of benzene rings is 1. The number of para-hydroxylation sites is 1. The van der Waals surface area contributed by atoms with Crippen molar-refractivity contribution in [1.82, 2.24) is 14.5 Å². The van der Waals surface area contributed by atoms with Gasteiger partial charge in [-0.05, 0) is 30.2 Å². The van der Waals surface area contributed by atoms with Gasteiger partial charge in [0.1, 0.15) is 17.1 Å². The van der Waals surface area contributed by atoms with Crippen LogP contribution < -0.4 is 4.74 Å². The normalized spacial score (nSPS) is 11.0. The summed E-state index contributed by atoms with van der Waals surface area (Å²) in [5.74, 6) is 2.02. The van der Waals surface area contributed by atoms with Crippen LogP contribution in [0.15, 0.2) is 42.7 Å². The minimum atomic E-state index is 0.380. The molecule has 2 heterocycles. The van der Waals surface area contributed by atoms with Crippen LogP contribution in [0.3, 0.4) is 0 Å². The van der Waals surface area contributed by atoms with Crippen LogP contribution in [-0.4, -0.2) is 21.6 Å². The van der Waals surface area contributed by atoms with E-state index >= 15 is 0 Å². The summed E-state index contributed by atoms with van der Waals surface area (Å²) in [5, 5.41) is 0. The van der Waals surface area contributed by atoms with Gasteiger partial charge in [0.2, 0.25) is 0 Å². The Morgan fingerprint density at radius 3 is 2.86 bits per heavy atom. The predicted molar refractivity (Wildman–Crippen MR) is 83.8 cm³/mol. The molecule has 4 nitrogen and oxygen atoms in total. The fourth-order valence-electron chi connectivity index (χ4n) is 2.47. The summed E-state index contributed by atoms with van der Waals surface area (Å²) in [6, 6.07) is 9.96. The first kappa shape index (κ1) is 13.9. The molecule has 0 aliphatic heterocycles. The molecule has 108 valence electrons. The maximum atomic E-state index is 6.04. The minimum Gasteiger partial charge on any atom is -0.494 e. The average molecular weight is 302 g/mol. The zero-order chi connectivity index (χ0) is 14.7. The van der Waals surface area contributed by atoms with E-state index in [9.17, 15) is 0 Å². The van der Waals surface area contributed by atoms with Crippen molar-refractivity contribution < 1.29 is 4.74 Å². The molecule has 0 saturated carbocycles. The van der Waals surface area contributed by atoms with Crippen LogP contribution in [-0.2, 0) is 18.8 Å². The van der Waals surface area contributed by atoms with E-state index in [0.717, 1.165) is 35.6 Å². The Hall–Kier alpha value is -2.07. The molecule has 0 atom stereocenters. The highest BCUT2D eigenvalue weighted by Gasteiger charge is 2.13. The Balaban J connectivity index is 1.97. The molecule has 0 radical (unpaired) electrons. The van der Waals surface area contributed by atoms with E-state index in [4.69, 9.17) is 16.3 Å². The Bertz CT molecular complexity index is 740. The maximum absolute atomic E-state index is 6.04. The number of halogens is 1. The highest BCUT2D eigenvalue weighted by Crippen LogP contribution is 2.26. The maximum Gasteiger partial charge on any atom is 0.146 e. The lowest BCUT2D eigenvalue weighted by atomic mass is 10.2. The van der Waals surface area contributed by atoms with Crippen molar-refractivity contribution in [2.75, 3.05) is 7.11 Å². The average Bonchev–Trinajstić information content (AvgIpc) is 2.91. The predicted octanol–water partition coefficient (Wildman–Crippen LogP) is 3.42. The van der Waals surface area contributed by atoms with Gasteiger partial charge in [-0.25, -0.2) is 4.98 Å². The summed E-state index contributed by atoms with van der Waals surface area (Å²) in [7, 11) is 1.66. The second-order valence-electron chi connectivity index (χ2n) is 4.75. The van der Waals surface area contributed by atoms with E-state index in [1.165, 1.54) is 5.56 Å². The van der Waals surface area contributed by atoms with Gasteiger partial charge in [-0.1, -0.05) is 12.1 Å². The third-order valence-corrected chi connectivity index (χ3v) is 3.75. The van der Waals surface area contributed by atoms with Crippen LogP contribution in [0.25, 0.3) is 11.0 Å². The number of hydrogen-bond acceptors (Lipinski definition) is 3. The standard InChI is InChI=1S/C16H16ClN3O/c1-21-14-6-2-5-13-16(14)19-15(10-17)20(13)9-7-12-4-3-8-18-11-12/h2-6,8,11H,7,9-10H2,1H3. The largest absolute Gasteiger partial charge is 0.494 e. The summed E-state index contributed by atoms with van der Waals surface area (Å²) in [6.07, 6.45) is 4.56. The SMILES string of the molecule is COc1cccc2c1nc(CCl)n2CCc1cccnc1. The number of fused-ring (bicyclic) bond motifs is 1. The first-order valence-electron chi connectivity index (χ1n) is 6.80. The molecular formula is C16H16ClN3O. The summed E-state index contributed by atoms with van der Waals surface area (Å²) in [5.41, 5.74) is 3.11. The zero-order valence-corrected chi connectivity index (χ0v) is 12.5. The Morgan fingerprint density at radius 1 is 1.24 bits per heavy atom. The van der Waals surface area contributed by atoms with Crippen LogP contribution >= 0.6 is 11.6 Å². The molecule has 2 aromatic heterocycles. The molecule has 0 spiro atoms. The van der Waals surface area contributed by atoms with E-state index in [2.05, 4.69) is 20.6 Å². The van der Waals surface area contributed by atoms with Crippen molar-refractivity contribution in [3.8, 4) is 5.75 Å². The highest BCUT2D eigenvalue weighted by atomic mass is 35.5. The topological polar surface area (TPSA) is 39.9 Å². The van der Waals surface area contributed by atoms with Crippen LogP contribution in [0.2, 0.25) is 0 Å². The third kappa shape index (κ3) is 2.72. The van der Waals surface area contributed by atoms with Gasteiger partial charge in [-0.3, -0.25) is 4.98 Å². The molecule has 5 heteroatoms. The van der Waals surface area contributed by atoms with E-state index in [1.54, 1.807) is 13.3 Å². The fraction of sp³-hybridized carbons (Fsp3) is 0.250. The fourth-order valence-corrected chi connectivity index (χ4v) is 2.68. The number of hydrogen-bond donors (Lipinski definition) is 0. The molecule has 1 aromatic carbocycles. The molecular weight excluding hydrogens is 286 g/mol. The lowest BCUT2D eigenvalue weighted by Crippen LogP contribution is -2.05. The van der Waals surface area contributed by atoms with Gasteiger partial charge < -0.3 is 9.30 Å². The van der Waals surface area contributed by atoms with Gasteiger partial charge in [0.25, 0.3) is 0 Å². The summed E-state index contributed by atoms with van der Waals surface area (Å²) in [4.78, 5) is 8.75. The molecule has 3 rings (SSSR count). The van der Waals surface area contributed by atoms with Crippen molar-refractivity contribution in [3.05, 3.63) is 54.1 Å². The number of methoxy groups -OCH3 is 1. The van der Waals surface area contributed by atoms with Crippen molar-refractivity contribution in [3.63, 3.8) is 0 Å². The van der Waals surface area contributed by atoms with Gasteiger partial charge in [0.05, 0.1) is 18.5 Å². The number of aromatic nitrogens is 3. The Labute approximate surface area is 128 Å². The molecule has 0 unspecified atom stereocenters. The van der Waals surface area contributed by atoms with Crippen LogP contribution in [0, 0.1) is 0 Å². The number of ether oxygens (including phenoxy) is 1. The monoisotopic (exact) mass is 301 g/mol. The van der Waals surface area contributed by atoms with E-state index in [-0.39, 0.29) is 0 Å². The van der Waals surface area contributed by atoms with Gasteiger partial charge in [-0.15, -0.1) is 11.6 Å². The molecule has 0 saturated heterocycles. The third-order valence-electron chi connectivity index (χ3n) is 3.51. The number of nitrogens with zero attached hydrogens (tertiary/aromatic N) is 3. The number of alkyl halides is 1. The summed E-state index contributed by atoms with van der Waals surface area (Å²) >= 11 is 6.04. The lowest BCUT2D eigenvalue weighted by Gasteiger charge is -2.08. The molecule has 0 aliphatic carbocycles. The van der Waals surface area contributed by atoms with Gasteiger partial charge >= 0.3 is 0 Å². The molecule has 0 N–H and O–H groups in total. The number of aryl methyl sites for hydroxylation is 2. The van der Waals surface area contributed by atoms with Crippen molar-refractivity contribution in [2.24, 2.45) is 0 Å². The van der Waals surface area contributed by atoms with Crippen LogP contribution in [0.5, 0.6) is 5.75 Å². The van der Waals surface area contributed by atoms with Crippen molar-refractivity contribution in [1.29, 1.82) is 0 Å². The van der Waals surface area contributed by atoms with Crippen molar-refractivity contribution >= 4 is 22.6 Å². The number of imidazole rings is 1. The second kappa shape index (κ2) is 6.14. The minimum absolute atomic E-state index is 0.380. The van der Waals surface area contributed by atoms with E-state index in [0.29, 0.717) is 5.88 Å². The Morgan fingerprint density at radius 2 is 2.14 bits per heavy atom. The molecule has 0 aliphatic rings. The lowest BCUT2D eigenvalue weighted by molar-refractivity contribution is 0.419. The zero-order valence-electron chi connectivity index (χ0n) is 11.8.